The monoisotopic (exact) mass is 503 g/mol. The number of carbonyl (C=O) groups is 2. The summed E-state index contributed by atoms with van der Waals surface area (Å²) in [6.07, 6.45) is 0. The number of nitrogens with one attached hydrogen (secondary N) is 1. The summed E-state index contributed by atoms with van der Waals surface area (Å²) in [6, 6.07) is 12.6. The van der Waals surface area contributed by atoms with Gasteiger partial charge in [-0.25, -0.2) is 18.2 Å². The van der Waals surface area contributed by atoms with E-state index in [1.807, 2.05) is 24.3 Å². The molecule has 0 aliphatic carbocycles. The normalized spacial score (nSPS) is 12.8. The predicted octanol–water partition coefficient (Wildman–Crippen LogP) is 3.82. The number of carbonyl (C=O) groups excluding carboxylic acids is 2. The number of hydrogen-bond donors (Lipinski definition) is 1. The molecule has 0 bridgehead atoms. The zero-order valence-electron chi connectivity index (χ0n) is 19.6. The number of rotatable bonds is 10. The third kappa shape index (κ3) is 5.81. The number of amides is 1. The van der Waals surface area contributed by atoms with Gasteiger partial charge in [-0.05, 0) is 36.2 Å². The van der Waals surface area contributed by atoms with Crippen molar-refractivity contribution in [2.24, 2.45) is 5.92 Å². The predicted molar refractivity (Wildman–Crippen MR) is 132 cm³/mol. The lowest BCUT2D eigenvalue weighted by Gasteiger charge is -2.21. The highest BCUT2D eigenvalue weighted by Gasteiger charge is 2.28. The molecule has 0 radical (unpaired) electrons. The second kappa shape index (κ2) is 11.1. The van der Waals surface area contributed by atoms with E-state index in [0.29, 0.717) is 18.1 Å². The van der Waals surface area contributed by atoms with E-state index in [2.05, 4.69) is 10.3 Å². The minimum absolute atomic E-state index is 0.00880. The lowest BCUT2D eigenvalue weighted by molar-refractivity contribution is -0.148. The molecule has 0 saturated heterocycles. The largest absolute Gasteiger partial charge is 0.457 e. The van der Waals surface area contributed by atoms with Gasteiger partial charge >= 0.3 is 5.97 Å². The van der Waals surface area contributed by atoms with Gasteiger partial charge in [-0.3, -0.25) is 4.79 Å². The first-order chi connectivity index (χ1) is 16.2. The number of ether oxygens (including phenoxy) is 1. The van der Waals surface area contributed by atoms with E-state index in [0.717, 1.165) is 10.2 Å². The number of para-hydroxylation sites is 1. The molecule has 1 heterocycles. The van der Waals surface area contributed by atoms with Crippen molar-refractivity contribution >= 4 is 43.5 Å². The summed E-state index contributed by atoms with van der Waals surface area (Å²) in [7, 11) is -3.71. The summed E-state index contributed by atoms with van der Waals surface area (Å²) in [6.45, 7) is 7.76. The first kappa shape index (κ1) is 25.8. The summed E-state index contributed by atoms with van der Waals surface area (Å²) in [5.41, 5.74) is 0.990. The summed E-state index contributed by atoms with van der Waals surface area (Å²) < 4.78 is 33.4. The van der Waals surface area contributed by atoms with Crippen LogP contribution in [0, 0.1) is 5.92 Å². The van der Waals surface area contributed by atoms with Gasteiger partial charge in [0.25, 0.3) is 5.91 Å². The maximum Gasteiger partial charge on any atom is 0.329 e. The highest BCUT2D eigenvalue weighted by Crippen LogP contribution is 2.22. The fraction of sp³-hybridized carbons (Fsp3) is 0.375. The zero-order chi connectivity index (χ0) is 24.9. The van der Waals surface area contributed by atoms with Gasteiger partial charge in [-0.2, -0.15) is 4.31 Å². The molecule has 0 saturated carbocycles. The SMILES string of the molecule is CCN(CC)S(=O)(=O)c1cccc(C(=O)N[C@H](C(=O)OCc2nc3ccccc3s2)C(C)C)c1. The van der Waals surface area contributed by atoms with Crippen molar-refractivity contribution in [3.8, 4) is 0 Å². The summed E-state index contributed by atoms with van der Waals surface area (Å²) >= 11 is 1.44. The minimum atomic E-state index is -3.71. The van der Waals surface area contributed by atoms with Crippen LogP contribution in [-0.2, 0) is 26.2 Å². The quantitative estimate of drug-likeness (QED) is 0.422. The lowest BCUT2D eigenvalue weighted by Crippen LogP contribution is -2.45. The minimum Gasteiger partial charge on any atom is -0.457 e. The van der Waals surface area contributed by atoms with Gasteiger partial charge in [0, 0.05) is 18.7 Å². The first-order valence-corrected chi connectivity index (χ1v) is 13.3. The van der Waals surface area contributed by atoms with Crippen LogP contribution in [-0.4, -0.2) is 48.7 Å². The molecule has 1 N–H and O–H groups in total. The van der Waals surface area contributed by atoms with Gasteiger partial charge < -0.3 is 10.1 Å². The Hall–Kier alpha value is -2.82. The van der Waals surface area contributed by atoms with Crippen LogP contribution < -0.4 is 5.32 Å². The molecule has 10 heteroatoms. The summed E-state index contributed by atoms with van der Waals surface area (Å²) in [4.78, 5) is 30.2. The van der Waals surface area contributed by atoms with Crippen molar-refractivity contribution in [3.05, 3.63) is 59.1 Å². The number of fused-ring (bicyclic) bond motifs is 1. The van der Waals surface area contributed by atoms with Crippen LogP contribution in [0.25, 0.3) is 10.2 Å². The Kier molecular flexibility index (Phi) is 8.40. The molecule has 0 fully saturated rings. The van der Waals surface area contributed by atoms with E-state index < -0.39 is 27.9 Å². The van der Waals surface area contributed by atoms with Crippen LogP contribution >= 0.6 is 11.3 Å². The molecule has 182 valence electrons. The van der Waals surface area contributed by atoms with E-state index in [1.165, 1.54) is 39.9 Å². The number of hydrogen-bond acceptors (Lipinski definition) is 7. The number of benzene rings is 2. The van der Waals surface area contributed by atoms with E-state index in [-0.39, 0.29) is 23.0 Å². The Morgan fingerprint density at radius 3 is 2.44 bits per heavy atom. The summed E-state index contributed by atoms with van der Waals surface area (Å²) in [5, 5.41) is 3.36. The van der Waals surface area contributed by atoms with Crippen molar-refractivity contribution < 1.29 is 22.7 Å². The highest BCUT2D eigenvalue weighted by atomic mass is 32.2. The van der Waals surface area contributed by atoms with Crippen molar-refractivity contribution in [2.75, 3.05) is 13.1 Å². The molecule has 3 aromatic rings. The third-order valence-electron chi connectivity index (χ3n) is 5.32. The number of nitrogens with zero attached hydrogens (tertiary/aromatic N) is 2. The fourth-order valence-electron chi connectivity index (χ4n) is 3.44. The van der Waals surface area contributed by atoms with Crippen LogP contribution in [0.4, 0.5) is 0 Å². The summed E-state index contributed by atoms with van der Waals surface area (Å²) in [5.74, 6) is -1.36. The Bertz CT molecular complexity index is 1230. The van der Waals surface area contributed by atoms with Gasteiger partial charge in [0.05, 0.1) is 15.1 Å². The van der Waals surface area contributed by atoms with Crippen molar-refractivity contribution in [1.82, 2.24) is 14.6 Å². The average Bonchev–Trinajstić information content (AvgIpc) is 3.24. The molecule has 1 atom stereocenters. The molecule has 0 aliphatic heterocycles. The van der Waals surface area contributed by atoms with Crippen LogP contribution in [0.5, 0.6) is 0 Å². The molecular formula is C24H29N3O5S2. The molecule has 2 aromatic carbocycles. The van der Waals surface area contributed by atoms with Gasteiger partial charge in [-0.15, -0.1) is 11.3 Å². The first-order valence-electron chi connectivity index (χ1n) is 11.1. The Balaban J connectivity index is 1.71. The van der Waals surface area contributed by atoms with E-state index in [4.69, 9.17) is 4.74 Å². The van der Waals surface area contributed by atoms with E-state index in [1.54, 1.807) is 27.7 Å². The topological polar surface area (TPSA) is 106 Å². The van der Waals surface area contributed by atoms with Crippen LogP contribution in [0.3, 0.4) is 0 Å². The van der Waals surface area contributed by atoms with Crippen molar-refractivity contribution in [2.45, 2.75) is 45.2 Å². The molecule has 0 unspecified atom stereocenters. The Morgan fingerprint density at radius 2 is 1.79 bits per heavy atom. The lowest BCUT2D eigenvalue weighted by atomic mass is 10.0. The second-order valence-corrected chi connectivity index (χ2v) is 11.0. The van der Waals surface area contributed by atoms with Gasteiger partial charge in [0.1, 0.15) is 17.7 Å². The Morgan fingerprint density at radius 1 is 1.09 bits per heavy atom. The molecule has 34 heavy (non-hydrogen) atoms. The number of thiazole rings is 1. The molecule has 0 spiro atoms. The third-order valence-corrected chi connectivity index (χ3v) is 8.38. The van der Waals surface area contributed by atoms with Crippen LogP contribution in [0.15, 0.2) is 53.4 Å². The number of aromatic nitrogens is 1. The van der Waals surface area contributed by atoms with E-state index in [9.17, 15) is 18.0 Å². The standard InChI is InChI=1S/C24H29N3O5S2/c1-5-27(6-2)34(30,31)18-11-9-10-17(14-18)23(28)26-22(16(3)4)24(29)32-15-21-25-19-12-7-8-13-20(19)33-21/h7-14,16,22H,5-6,15H2,1-4H3,(H,26,28)/t22-/m0/s1. The average molecular weight is 504 g/mol. The van der Waals surface area contributed by atoms with Crippen molar-refractivity contribution in [1.29, 1.82) is 0 Å². The molecule has 0 aliphatic rings. The molecular weight excluding hydrogens is 474 g/mol. The van der Waals surface area contributed by atoms with Gasteiger partial charge in [0.2, 0.25) is 10.0 Å². The van der Waals surface area contributed by atoms with Gasteiger partial charge in [-0.1, -0.05) is 45.9 Å². The molecule has 1 amide bonds. The zero-order valence-corrected chi connectivity index (χ0v) is 21.3. The molecule has 8 nitrogen and oxygen atoms in total. The molecule has 3 rings (SSSR count). The van der Waals surface area contributed by atoms with Gasteiger partial charge in [0.15, 0.2) is 0 Å². The van der Waals surface area contributed by atoms with Crippen LogP contribution in [0.2, 0.25) is 0 Å². The maximum atomic E-state index is 12.9. The van der Waals surface area contributed by atoms with Crippen molar-refractivity contribution in [3.63, 3.8) is 0 Å². The fourth-order valence-corrected chi connectivity index (χ4v) is 5.82. The second-order valence-electron chi connectivity index (χ2n) is 8.00. The Labute approximate surface area is 204 Å². The smallest absolute Gasteiger partial charge is 0.329 e. The van der Waals surface area contributed by atoms with E-state index >= 15 is 0 Å². The maximum absolute atomic E-state index is 12.9. The highest BCUT2D eigenvalue weighted by molar-refractivity contribution is 7.89. The molecule has 1 aromatic heterocycles. The number of sulfonamides is 1. The number of esters is 1. The van der Waals surface area contributed by atoms with Crippen LogP contribution in [0.1, 0.15) is 43.1 Å².